The van der Waals surface area contributed by atoms with Crippen LogP contribution in [-0.2, 0) is 0 Å². The average Bonchev–Trinajstić information content (AvgIpc) is 1.99. The average molecular weight is 218 g/mol. The molecule has 13 heteroatoms. The summed E-state index contributed by atoms with van der Waals surface area (Å²) in [5.74, 6) is -1.91. The summed E-state index contributed by atoms with van der Waals surface area (Å²) in [4.78, 5) is 8.12. The van der Waals surface area contributed by atoms with Crippen molar-refractivity contribution in [2.45, 2.75) is 0 Å². The van der Waals surface area contributed by atoms with Gasteiger partial charge in [-0.1, -0.05) is 0 Å². The summed E-state index contributed by atoms with van der Waals surface area (Å²) in [7, 11) is 0. The van der Waals surface area contributed by atoms with Crippen LogP contribution in [-0.4, -0.2) is 20.2 Å². The number of nitrogens with two attached hydrogens (primary N) is 1. The molecule has 0 aliphatic carbocycles. The number of anilines is 1. The molecule has 1 aromatic rings. The van der Waals surface area contributed by atoms with Crippen molar-refractivity contribution in [1.29, 1.82) is 0 Å². The topological polar surface area (TPSA) is 187 Å². The van der Waals surface area contributed by atoms with E-state index in [1.54, 1.807) is 0 Å². The van der Waals surface area contributed by atoms with Crippen LogP contribution < -0.4 is 15.5 Å². The van der Waals surface area contributed by atoms with Gasteiger partial charge in [-0.25, -0.2) is 10.1 Å². The third-order valence-electron chi connectivity index (χ3n) is 1.10. The maximum Gasteiger partial charge on any atom is 0.577 e. The fourth-order valence-corrected chi connectivity index (χ4v) is 0.647. The van der Waals surface area contributed by atoms with Gasteiger partial charge in [-0.15, -0.1) is 0 Å². The third kappa shape index (κ3) is 2.08. The van der Waals surface area contributed by atoms with Gasteiger partial charge in [-0.2, -0.15) is 0 Å². The highest BCUT2D eigenvalue weighted by Crippen LogP contribution is 2.09. The Hall–Kier alpha value is -2.86. The zero-order valence-corrected chi connectivity index (χ0v) is 6.75. The minimum Gasteiger partial charge on any atom is -0.585 e. The van der Waals surface area contributed by atoms with Crippen LogP contribution in [0.1, 0.15) is 0 Å². The molecule has 1 aromatic heterocycles. The Bertz CT molecular complexity index is 418. The number of nitrogen functional groups attached to an aromatic ring is 1. The van der Waals surface area contributed by atoms with Gasteiger partial charge in [0.2, 0.25) is 0 Å². The van der Waals surface area contributed by atoms with Gasteiger partial charge in [-0.3, -0.25) is 0 Å². The molecule has 0 fully saturated rings. The highest BCUT2D eigenvalue weighted by Gasteiger charge is 2.32. The molecule has 0 aromatic carbocycles. The Balaban J connectivity index is 3.32. The lowest BCUT2D eigenvalue weighted by molar-refractivity contribution is -0.889. The predicted molar refractivity (Wildman–Crippen MR) is 37.1 cm³/mol. The molecule has 1 heterocycles. The van der Waals surface area contributed by atoms with Crippen molar-refractivity contribution in [2.24, 2.45) is 5.22 Å². The molecule has 0 bridgehead atoms. The van der Waals surface area contributed by atoms with Crippen molar-refractivity contribution < 1.29 is 19.7 Å². The number of hydrogen-bond donors (Lipinski definition) is 1. The molecule has 80 valence electrons. The smallest absolute Gasteiger partial charge is 0.577 e. The number of nitrogens with zero attached hydrogens (tertiary/aromatic N) is 7. The molecule has 13 nitrogen and oxygen atoms in total. The molecule has 0 amide bonds. The Morgan fingerprint density at radius 2 is 2.00 bits per heavy atom. The van der Waals surface area contributed by atoms with Crippen LogP contribution in [0.25, 0.3) is 0 Å². The van der Waals surface area contributed by atoms with Crippen LogP contribution in [0.15, 0.2) is 5.22 Å². The first kappa shape index (κ1) is 10.2. The molecule has 15 heavy (non-hydrogen) atoms. The Labute approximate surface area is 79.5 Å². The van der Waals surface area contributed by atoms with E-state index in [1.807, 2.05) is 0 Å². The number of nitro groups is 1. The van der Waals surface area contributed by atoms with E-state index in [2.05, 4.69) is 15.5 Å². The second-order valence-electron chi connectivity index (χ2n) is 2.02. The first-order valence-corrected chi connectivity index (χ1v) is 3.12. The van der Waals surface area contributed by atoms with Gasteiger partial charge in [0.15, 0.2) is 0 Å². The van der Waals surface area contributed by atoms with Crippen molar-refractivity contribution in [2.75, 3.05) is 5.73 Å². The second-order valence-corrected chi connectivity index (χ2v) is 2.02. The first-order valence-electron chi connectivity index (χ1n) is 3.12. The summed E-state index contributed by atoms with van der Waals surface area (Å²) in [5, 5.41) is 48.1. The fourth-order valence-electron chi connectivity index (χ4n) is 0.647. The second kappa shape index (κ2) is 3.48. The number of aromatic nitrogens is 4. The van der Waals surface area contributed by atoms with E-state index in [0.29, 0.717) is 0 Å². The zero-order valence-electron chi connectivity index (χ0n) is 6.75. The van der Waals surface area contributed by atoms with Crippen LogP contribution in [0, 0.1) is 25.7 Å². The van der Waals surface area contributed by atoms with E-state index in [4.69, 9.17) is 5.73 Å². The van der Waals surface area contributed by atoms with Gasteiger partial charge in [0.1, 0.15) is 4.96 Å². The summed E-state index contributed by atoms with van der Waals surface area (Å²) in [6.45, 7) is 0. The lowest BCUT2D eigenvalue weighted by Gasteiger charge is -1.95. The summed E-state index contributed by atoms with van der Waals surface area (Å²) < 4.78 is 0. The van der Waals surface area contributed by atoms with E-state index >= 15 is 0 Å². The van der Waals surface area contributed by atoms with Gasteiger partial charge in [0.05, 0.1) is 14.8 Å². The van der Waals surface area contributed by atoms with Crippen LogP contribution in [0.2, 0.25) is 0 Å². The van der Waals surface area contributed by atoms with Crippen molar-refractivity contribution in [3.8, 4) is 0 Å². The maximum absolute atomic E-state index is 10.8. The lowest BCUT2D eigenvalue weighted by Crippen LogP contribution is -2.52. The van der Waals surface area contributed by atoms with Gasteiger partial charge in [0, 0.05) is 0 Å². The van der Waals surface area contributed by atoms with E-state index in [1.165, 1.54) is 0 Å². The SMILES string of the molecule is Nc1n[n+]([O-])n[n+]([O-])c1[N+]([O-])=N[N+](=O)[O-]. The van der Waals surface area contributed by atoms with Crippen molar-refractivity contribution in [3.05, 3.63) is 25.7 Å². The minimum absolute atomic E-state index is 0.453. The van der Waals surface area contributed by atoms with Gasteiger partial charge in [-0.05, 0) is 0 Å². The Morgan fingerprint density at radius 1 is 1.40 bits per heavy atom. The van der Waals surface area contributed by atoms with E-state index in [9.17, 15) is 25.7 Å². The molecule has 0 radical (unpaired) electrons. The highest BCUT2D eigenvalue weighted by atomic mass is 16.7. The molecular weight excluding hydrogens is 216 g/mol. The summed E-state index contributed by atoms with van der Waals surface area (Å²) >= 11 is 0. The van der Waals surface area contributed by atoms with Crippen LogP contribution >= 0.6 is 0 Å². The molecule has 0 spiro atoms. The zero-order chi connectivity index (χ0) is 11.6. The first-order chi connectivity index (χ1) is 6.91. The van der Waals surface area contributed by atoms with Crippen LogP contribution in [0.5, 0.6) is 0 Å². The van der Waals surface area contributed by atoms with Gasteiger partial charge >= 0.3 is 22.1 Å². The van der Waals surface area contributed by atoms with E-state index in [0.717, 1.165) is 0 Å². The molecule has 0 aliphatic heterocycles. The van der Waals surface area contributed by atoms with E-state index in [-0.39, 0.29) is 0 Å². The monoisotopic (exact) mass is 218 g/mol. The summed E-state index contributed by atoms with van der Waals surface area (Å²) in [6, 6.07) is 0. The van der Waals surface area contributed by atoms with E-state index < -0.39 is 31.3 Å². The summed E-state index contributed by atoms with van der Waals surface area (Å²) in [6.07, 6.45) is 0. The molecule has 2 N–H and O–H groups in total. The van der Waals surface area contributed by atoms with Crippen molar-refractivity contribution in [1.82, 2.24) is 10.3 Å². The molecular formula is C2H2N8O5. The predicted octanol–water partition coefficient (Wildman–Crippen LogP) is -2.89. The number of rotatable bonds is 2. The molecule has 0 unspecified atom stereocenters. The Kier molecular flexibility index (Phi) is 2.37. The molecule has 0 aliphatic rings. The molecule has 0 saturated carbocycles. The molecule has 0 saturated heterocycles. The van der Waals surface area contributed by atoms with Gasteiger partial charge in [0.25, 0.3) is 5.03 Å². The standard InChI is InChI=1S/C2H2N8O5/c3-1-2(8(12)6-10(14)15)7(11)5-9(13)4-1/h(H2,3,4,5). The largest absolute Gasteiger partial charge is 0.585 e. The normalized spacial score (nSPS) is 11.3. The Morgan fingerprint density at radius 3 is 2.47 bits per heavy atom. The number of hydrogen-bond acceptors (Lipinski definition) is 8. The third-order valence-corrected chi connectivity index (χ3v) is 1.10. The van der Waals surface area contributed by atoms with Crippen LogP contribution in [0.4, 0.5) is 11.6 Å². The summed E-state index contributed by atoms with van der Waals surface area (Å²) in [5.41, 5.74) is 4.98. The van der Waals surface area contributed by atoms with Gasteiger partial charge < -0.3 is 21.4 Å². The highest BCUT2D eigenvalue weighted by molar-refractivity contribution is 5.39. The molecule has 1 rings (SSSR count). The lowest BCUT2D eigenvalue weighted by atomic mass is 10.7. The quantitative estimate of drug-likeness (QED) is 0.180. The van der Waals surface area contributed by atoms with Crippen molar-refractivity contribution >= 4 is 11.6 Å². The van der Waals surface area contributed by atoms with Crippen molar-refractivity contribution in [3.63, 3.8) is 0 Å². The molecule has 0 atom stereocenters. The maximum atomic E-state index is 10.8. The van der Waals surface area contributed by atoms with Crippen LogP contribution in [0.3, 0.4) is 0 Å². The fraction of sp³-hybridized carbons (Fsp3) is 0. The minimum atomic E-state index is -1.36.